The van der Waals surface area contributed by atoms with Gasteiger partial charge in [-0.15, -0.1) is 0 Å². The molecule has 0 aliphatic rings. The maximum atomic E-state index is 12.3. The average Bonchev–Trinajstić information content (AvgIpc) is 2.66. The summed E-state index contributed by atoms with van der Waals surface area (Å²) in [6, 6.07) is 11.2. The Labute approximate surface area is 161 Å². The first-order valence-electron chi connectivity index (χ1n) is 8.61. The van der Waals surface area contributed by atoms with Crippen molar-refractivity contribution in [2.75, 3.05) is 19.0 Å². The molecule has 0 unspecified atom stereocenters. The summed E-state index contributed by atoms with van der Waals surface area (Å²) in [6.45, 7) is 0.892. The van der Waals surface area contributed by atoms with Crippen LogP contribution in [0.3, 0.4) is 0 Å². The number of carbonyl (C=O) groups excluding carboxylic acids is 2. The van der Waals surface area contributed by atoms with Crippen molar-refractivity contribution in [3.05, 3.63) is 53.6 Å². The van der Waals surface area contributed by atoms with Crippen molar-refractivity contribution in [2.24, 2.45) is 0 Å². The number of halogens is 2. The Hall–Kier alpha value is -3.16. The summed E-state index contributed by atoms with van der Waals surface area (Å²) in [5.74, 6) is -0.750. The van der Waals surface area contributed by atoms with Gasteiger partial charge in [0.2, 0.25) is 5.91 Å². The molecule has 2 rings (SSSR count). The summed E-state index contributed by atoms with van der Waals surface area (Å²) in [5, 5.41) is 5.15. The predicted octanol–water partition coefficient (Wildman–Crippen LogP) is 3.79. The van der Waals surface area contributed by atoms with Gasteiger partial charge in [0.05, 0.1) is 13.7 Å². The van der Waals surface area contributed by atoms with Crippen LogP contribution in [0.5, 0.6) is 11.5 Å². The van der Waals surface area contributed by atoms with Crippen LogP contribution in [0.1, 0.15) is 35.7 Å². The van der Waals surface area contributed by atoms with Gasteiger partial charge in [-0.2, -0.15) is 8.78 Å². The molecule has 0 atom stereocenters. The number of methoxy groups -OCH3 is 1. The van der Waals surface area contributed by atoms with Crippen molar-refractivity contribution in [1.29, 1.82) is 0 Å². The molecular formula is C20H22F2N2O4. The van der Waals surface area contributed by atoms with E-state index in [9.17, 15) is 18.4 Å². The van der Waals surface area contributed by atoms with Crippen molar-refractivity contribution in [3.8, 4) is 11.5 Å². The first-order chi connectivity index (χ1) is 13.3. The molecule has 0 aliphatic carbocycles. The molecule has 28 heavy (non-hydrogen) atoms. The predicted molar refractivity (Wildman–Crippen MR) is 101 cm³/mol. The molecule has 2 amide bonds. The number of alkyl halides is 2. The third-order valence-corrected chi connectivity index (χ3v) is 3.91. The number of carbonyl (C=O) groups is 2. The number of hydrogen-bond donors (Lipinski definition) is 2. The van der Waals surface area contributed by atoms with Gasteiger partial charge in [-0.1, -0.05) is 26.0 Å². The number of nitrogens with one attached hydrogen (secondary N) is 2. The van der Waals surface area contributed by atoms with E-state index in [1.807, 2.05) is 12.1 Å². The average molecular weight is 392 g/mol. The van der Waals surface area contributed by atoms with Gasteiger partial charge >= 0.3 is 6.61 Å². The van der Waals surface area contributed by atoms with E-state index < -0.39 is 18.4 Å². The van der Waals surface area contributed by atoms with Crippen LogP contribution in [-0.4, -0.2) is 32.1 Å². The molecule has 2 aromatic rings. The van der Waals surface area contributed by atoms with Crippen LogP contribution in [0, 0.1) is 0 Å². The summed E-state index contributed by atoms with van der Waals surface area (Å²) in [4.78, 5) is 24.2. The Morgan fingerprint density at radius 1 is 1.04 bits per heavy atom. The number of ether oxygens (including phenoxy) is 2. The zero-order valence-corrected chi connectivity index (χ0v) is 15.8. The normalized spacial score (nSPS) is 10.7. The summed E-state index contributed by atoms with van der Waals surface area (Å²) >= 11 is 0. The van der Waals surface area contributed by atoms with Crippen LogP contribution < -0.4 is 20.1 Å². The topological polar surface area (TPSA) is 76.7 Å². The minimum atomic E-state index is -3.01. The second kappa shape index (κ2) is 9.68. The fourth-order valence-electron chi connectivity index (χ4n) is 2.42. The zero-order valence-electron chi connectivity index (χ0n) is 15.8. The van der Waals surface area contributed by atoms with Crippen molar-refractivity contribution in [1.82, 2.24) is 5.32 Å². The molecular weight excluding hydrogens is 370 g/mol. The molecule has 0 spiro atoms. The van der Waals surface area contributed by atoms with E-state index in [4.69, 9.17) is 4.74 Å². The van der Waals surface area contributed by atoms with E-state index >= 15 is 0 Å². The van der Waals surface area contributed by atoms with Crippen molar-refractivity contribution in [2.45, 2.75) is 26.4 Å². The maximum Gasteiger partial charge on any atom is 0.387 e. The largest absolute Gasteiger partial charge is 0.493 e. The van der Waals surface area contributed by atoms with Gasteiger partial charge in [0.15, 0.2) is 11.5 Å². The van der Waals surface area contributed by atoms with Gasteiger partial charge in [-0.3, -0.25) is 9.59 Å². The SMILES string of the molecule is COc1cc(C(=O)NCC(=O)Nc2ccc(C(C)C)cc2)ccc1OC(F)F. The summed E-state index contributed by atoms with van der Waals surface area (Å²) in [6.07, 6.45) is 0. The maximum absolute atomic E-state index is 12.3. The minimum absolute atomic E-state index is 0.0114. The summed E-state index contributed by atoms with van der Waals surface area (Å²) in [5.41, 5.74) is 1.92. The van der Waals surface area contributed by atoms with E-state index in [-0.39, 0.29) is 23.6 Å². The zero-order chi connectivity index (χ0) is 20.7. The standard InChI is InChI=1S/C20H22F2N2O4/c1-12(2)13-4-7-15(8-5-13)24-18(25)11-23-19(26)14-6-9-16(28-20(21)22)17(10-14)27-3/h4-10,12,20H,11H2,1-3H3,(H,23,26)(H,24,25). The van der Waals surface area contributed by atoms with Crippen LogP contribution in [0.15, 0.2) is 42.5 Å². The lowest BCUT2D eigenvalue weighted by Gasteiger charge is -2.12. The molecule has 0 aromatic heterocycles. The number of rotatable bonds is 8. The molecule has 0 heterocycles. The third kappa shape index (κ3) is 5.94. The van der Waals surface area contributed by atoms with Crippen molar-refractivity contribution in [3.63, 3.8) is 0 Å². The lowest BCUT2D eigenvalue weighted by molar-refractivity contribution is -0.115. The van der Waals surface area contributed by atoms with Crippen molar-refractivity contribution >= 4 is 17.5 Å². The monoisotopic (exact) mass is 392 g/mol. The van der Waals surface area contributed by atoms with Gasteiger partial charge in [0, 0.05) is 11.3 Å². The molecule has 0 bridgehead atoms. The fraction of sp³-hybridized carbons (Fsp3) is 0.300. The first kappa shape index (κ1) is 21.1. The molecule has 0 saturated heterocycles. The Balaban J connectivity index is 1.93. The smallest absolute Gasteiger partial charge is 0.387 e. The second-order valence-corrected chi connectivity index (χ2v) is 6.25. The fourth-order valence-corrected chi connectivity index (χ4v) is 2.42. The Kier molecular flexibility index (Phi) is 7.31. The number of amides is 2. The minimum Gasteiger partial charge on any atom is -0.493 e. The van der Waals surface area contributed by atoms with Crippen LogP contribution in [0.4, 0.5) is 14.5 Å². The van der Waals surface area contributed by atoms with Crippen LogP contribution >= 0.6 is 0 Å². The molecule has 2 N–H and O–H groups in total. The molecule has 150 valence electrons. The van der Waals surface area contributed by atoms with E-state index in [0.717, 1.165) is 5.56 Å². The molecule has 0 aliphatic heterocycles. The molecule has 6 nitrogen and oxygen atoms in total. The van der Waals surface area contributed by atoms with Crippen molar-refractivity contribution < 1.29 is 27.8 Å². The lowest BCUT2D eigenvalue weighted by atomic mass is 10.0. The highest BCUT2D eigenvalue weighted by Crippen LogP contribution is 2.29. The molecule has 2 aromatic carbocycles. The van der Waals surface area contributed by atoms with Gasteiger partial charge in [-0.25, -0.2) is 0 Å². The van der Waals surface area contributed by atoms with E-state index in [0.29, 0.717) is 11.6 Å². The Morgan fingerprint density at radius 3 is 2.29 bits per heavy atom. The second-order valence-electron chi connectivity index (χ2n) is 6.25. The van der Waals surface area contributed by atoms with Gasteiger partial charge in [0.25, 0.3) is 5.91 Å². The van der Waals surface area contributed by atoms with Gasteiger partial charge < -0.3 is 20.1 Å². The number of anilines is 1. The lowest BCUT2D eigenvalue weighted by Crippen LogP contribution is -2.32. The summed E-state index contributed by atoms with van der Waals surface area (Å²) < 4.78 is 33.9. The molecule has 0 radical (unpaired) electrons. The third-order valence-electron chi connectivity index (χ3n) is 3.91. The highest BCUT2D eigenvalue weighted by Gasteiger charge is 2.15. The molecule has 0 fully saturated rings. The van der Waals surface area contributed by atoms with Crippen LogP contribution in [-0.2, 0) is 4.79 Å². The van der Waals surface area contributed by atoms with Crippen LogP contribution in [0.25, 0.3) is 0 Å². The molecule has 0 saturated carbocycles. The highest BCUT2D eigenvalue weighted by molar-refractivity contribution is 5.99. The van der Waals surface area contributed by atoms with Gasteiger partial charge in [0.1, 0.15) is 0 Å². The number of hydrogen-bond acceptors (Lipinski definition) is 4. The molecule has 8 heteroatoms. The van der Waals surface area contributed by atoms with Gasteiger partial charge in [-0.05, 0) is 41.8 Å². The summed E-state index contributed by atoms with van der Waals surface area (Å²) in [7, 11) is 1.27. The Morgan fingerprint density at radius 2 is 1.71 bits per heavy atom. The quantitative estimate of drug-likeness (QED) is 0.717. The Bertz CT molecular complexity index is 823. The van der Waals surface area contributed by atoms with Crippen LogP contribution in [0.2, 0.25) is 0 Å². The van der Waals surface area contributed by atoms with E-state index in [2.05, 4.69) is 29.2 Å². The highest BCUT2D eigenvalue weighted by atomic mass is 19.3. The van der Waals surface area contributed by atoms with E-state index in [1.165, 1.54) is 25.3 Å². The first-order valence-corrected chi connectivity index (χ1v) is 8.61. The number of benzene rings is 2. The van der Waals surface area contributed by atoms with E-state index in [1.54, 1.807) is 12.1 Å².